The summed E-state index contributed by atoms with van der Waals surface area (Å²) in [5.74, 6) is 0.181. The Morgan fingerprint density at radius 1 is 1.32 bits per heavy atom. The van der Waals surface area contributed by atoms with Crippen molar-refractivity contribution >= 4 is 23.3 Å². The lowest BCUT2D eigenvalue weighted by Crippen LogP contribution is -2.18. The van der Waals surface area contributed by atoms with Crippen molar-refractivity contribution in [3.8, 4) is 5.69 Å². The van der Waals surface area contributed by atoms with Crippen LogP contribution in [0.3, 0.4) is 0 Å². The lowest BCUT2D eigenvalue weighted by atomic mass is 10.1. The van der Waals surface area contributed by atoms with E-state index in [0.717, 1.165) is 24.1 Å². The molecule has 3 aromatic rings. The van der Waals surface area contributed by atoms with Gasteiger partial charge in [-0.1, -0.05) is 18.2 Å². The summed E-state index contributed by atoms with van der Waals surface area (Å²) in [6, 6.07) is 8.80. The van der Waals surface area contributed by atoms with E-state index >= 15 is 0 Å². The highest BCUT2D eigenvalue weighted by Crippen LogP contribution is 2.41. The molecule has 0 atom stereocenters. The molecule has 2 heterocycles. The van der Waals surface area contributed by atoms with Crippen LogP contribution in [0.2, 0.25) is 0 Å². The number of H-pyrrole nitrogens is 1. The lowest BCUT2D eigenvalue weighted by Gasteiger charge is -2.15. The molecule has 1 aliphatic carbocycles. The first-order chi connectivity index (χ1) is 12.0. The van der Waals surface area contributed by atoms with Crippen LogP contribution in [0.15, 0.2) is 35.1 Å². The minimum Gasteiger partial charge on any atom is -0.298 e. The standard InChI is InChI=1S/C18H15F2N3OS/c1-9-4-2-3-5-13(9)23-16-14(17(24)22-18(23)25)11(15(19)20)8-12(21-16)10-6-7-10/h2-5,8,10,15H,6-7H2,1H3,(H,22,24,25). The van der Waals surface area contributed by atoms with Gasteiger partial charge in [-0.05, 0) is 49.7 Å². The zero-order chi connectivity index (χ0) is 17.7. The van der Waals surface area contributed by atoms with E-state index in [-0.39, 0.29) is 27.3 Å². The monoisotopic (exact) mass is 359 g/mol. The van der Waals surface area contributed by atoms with Crippen molar-refractivity contribution in [3.05, 3.63) is 62.3 Å². The molecule has 1 aliphatic rings. The minimum absolute atomic E-state index is 0.101. The van der Waals surface area contributed by atoms with Crippen LogP contribution in [-0.2, 0) is 0 Å². The van der Waals surface area contributed by atoms with Crippen LogP contribution in [0.1, 0.15) is 42.0 Å². The van der Waals surface area contributed by atoms with Gasteiger partial charge in [0.15, 0.2) is 10.4 Å². The van der Waals surface area contributed by atoms with Gasteiger partial charge >= 0.3 is 0 Å². The number of alkyl halides is 2. The largest absolute Gasteiger partial charge is 0.298 e. The average Bonchev–Trinajstić information content (AvgIpc) is 3.40. The number of nitrogens with zero attached hydrogens (tertiary/aromatic N) is 2. The maximum Gasteiger partial charge on any atom is 0.264 e. The molecular formula is C18H15F2N3OS. The topological polar surface area (TPSA) is 50.7 Å². The number of hydrogen-bond donors (Lipinski definition) is 1. The molecule has 0 unspecified atom stereocenters. The van der Waals surface area contributed by atoms with Crippen LogP contribution < -0.4 is 5.56 Å². The van der Waals surface area contributed by atoms with Gasteiger partial charge in [-0.2, -0.15) is 0 Å². The molecule has 1 fully saturated rings. The highest BCUT2D eigenvalue weighted by Gasteiger charge is 2.29. The van der Waals surface area contributed by atoms with Gasteiger partial charge in [0.05, 0.1) is 11.1 Å². The van der Waals surface area contributed by atoms with Gasteiger partial charge in [-0.3, -0.25) is 14.3 Å². The Kier molecular flexibility index (Phi) is 3.76. The summed E-state index contributed by atoms with van der Waals surface area (Å²) >= 11 is 5.32. The summed E-state index contributed by atoms with van der Waals surface area (Å²) in [6.07, 6.45) is -0.907. The first kappa shape index (κ1) is 16.1. The van der Waals surface area contributed by atoms with Gasteiger partial charge in [0.1, 0.15) is 0 Å². The van der Waals surface area contributed by atoms with E-state index in [2.05, 4.69) is 9.97 Å². The zero-order valence-corrected chi connectivity index (χ0v) is 14.2. The molecule has 4 nitrogen and oxygen atoms in total. The quantitative estimate of drug-likeness (QED) is 0.697. The van der Waals surface area contributed by atoms with Crippen LogP contribution in [0.25, 0.3) is 16.7 Å². The number of benzene rings is 1. The van der Waals surface area contributed by atoms with E-state index in [0.29, 0.717) is 5.69 Å². The second-order valence-electron chi connectivity index (χ2n) is 6.29. The van der Waals surface area contributed by atoms with Gasteiger partial charge in [-0.25, -0.2) is 13.8 Å². The summed E-state index contributed by atoms with van der Waals surface area (Å²) < 4.78 is 29.0. The van der Waals surface area contributed by atoms with Crippen LogP contribution >= 0.6 is 12.2 Å². The van der Waals surface area contributed by atoms with E-state index < -0.39 is 12.0 Å². The molecule has 0 aliphatic heterocycles. The minimum atomic E-state index is -2.76. The summed E-state index contributed by atoms with van der Waals surface area (Å²) in [7, 11) is 0. The third-order valence-corrected chi connectivity index (χ3v) is 4.78. The van der Waals surface area contributed by atoms with Gasteiger partial charge in [0.2, 0.25) is 0 Å². The number of rotatable bonds is 3. The van der Waals surface area contributed by atoms with Crippen molar-refractivity contribution in [2.75, 3.05) is 0 Å². The molecule has 7 heteroatoms. The maximum absolute atomic E-state index is 13.6. The molecule has 4 rings (SSSR count). The SMILES string of the molecule is Cc1ccccc1-n1c(=S)[nH]c(=O)c2c(C(F)F)cc(C3CC3)nc21. The number of hydrogen-bond acceptors (Lipinski definition) is 3. The van der Waals surface area contributed by atoms with Crippen LogP contribution in [-0.4, -0.2) is 14.5 Å². The number of aromatic nitrogens is 3. The highest BCUT2D eigenvalue weighted by molar-refractivity contribution is 7.71. The molecule has 0 bridgehead atoms. The number of nitrogens with one attached hydrogen (secondary N) is 1. The Bertz CT molecular complexity index is 1100. The van der Waals surface area contributed by atoms with Gasteiger partial charge in [0.25, 0.3) is 12.0 Å². The fourth-order valence-electron chi connectivity index (χ4n) is 3.08. The maximum atomic E-state index is 13.6. The molecule has 0 amide bonds. The van der Waals surface area contributed by atoms with Crippen molar-refractivity contribution in [1.82, 2.24) is 14.5 Å². The van der Waals surface area contributed by atoms with Crippen molar-refractivity contribution in [3.63, 3.8) is 0 Å². The molecule has 0 spiro atoms. The number of aromatic amines is 1. The number of aryl methyl sites for hydroxylation is 1. The second kappa shape index (κ2) is 5.84. The van der Waals surface area contributed by atoms with Gasteiger partial charge in [0, 0.05) is 17.2 Å². The number of pyridine rings is 1. The Hall–Kier alpha value is -2.41. The Balaban J connectivity index is 2.18. The van der Waals surface area contributed by atoms with E-state index in [4.69, 9.17) is 12.2 Å². The highest BCUT2D eigenvalue weighted by atomic mass is 32.1. The third kappa shape index (κ3) is 2.68. The molecule has 2 aromatic heterocycles. The molecule has 0 radical (unpaired) electrons. The molecule has 25 heavy (non-hydrogen) atoms. The molecule has 128 valence electrons. The smallest absolute Gasteiger partial charge is 0.264 e. The Labute approximate surface area is 147 Å². The summed E-state index contributed by atoms with van der Waals surface area (Å²) in [6.45, 7) is 1.90. The predicted octanol–water partition coefficient (Wildman–Crippen LogP) is 4.57. The van der Waals surface area contributed by atoms with Crippen LogP contribution in [0, 0.1) is 11.7 Å². The molecule has 0 saturated heterocycles. The number of para-hydroxylation sites is 1. The first-order valence-corrected chi connectivity index (χ1v) is 8.42. The number of fused-ring (bicyclic) bond motifs is 1. The van der Waals surface area contributed by atoms with Crippen molar-refractivity contribution in [2.24, 2.45) is 0 Å². The van der Waals surface area contributed by atoms with Crippen LogP contribution in [0.4, 0.5) is 8.78 Å². The van der Waals surface area contributed by atoms with E-state index in [1.165, 1.54) is 6.07 Å². The fraction of sp³-hybridized carbons (Fsp3) is 0.278. The molecular weight excluding hydrogens is 344 g/mol. The van der Waals surface area contributed by atoms with E-state index in [1.807, 2.05) is 31.2 Å². The van der Waals surface area contributed by atoms with E-state index in [1.54, 1.807) is 4.57 Å². The van der Waals surface area contributed by atoms with Crippen molar-refractivity contribution in [1.29, 1.82) is 0 Å². The summed E-state index contributed by atoms with van der Waals surface area (Å²) in [4.78, 5) is 19.5. The molecule has 1 N–H and O–H groups in total. The molecule has 1 aromatic carbocycles. The fourth-order valence-corrected chi connectivity index (χ4v) is 3.35. The van der Waals surface area contributed by atoms with Crippen molar-refractivity contribution < 1.29 is 8.78 Å². The summed E-state index contributed by atoms with van der Waals surface area (Å²) in [5, 5.41) is -0.101. The molecule has 1 saturated carbocycles. The van der Waals surface area contributed by atoms with Crippen molar-refractivity contribution in [2.45, 2.75) is 32.1 Å². The van der Waals surface area contributed by atoms with Crippen LogP contribution in [0.5, 0.6) is 0 Å². The second-order valence-corrected chi connectivity index (χ2v) is 6.68. The normalized spacial score (nSPS) is 14.4. The van der Waals surface area contributed by atoms with Gasteiger partial charge < -0.3 is 0 Å². The predicted molar refractivity (Wildman–Crippen MR) is 94.2 cm³/mol. The Morgan fingerprint density at radius 3 is 2.68 bits per heavy atom. The zero-order valence-electron chi connectivity index (χ0n) is 13.4. The Morgan fingerprint density at radius 2 is 2.04 bits per heavy atom. The van der Waals surface area contributed by atoms with Gasteiger partial charge in [-0.15, -0.1) is 0 Å². The third-order valence-electron chi connectivity index (χ3n) is 4.50. The summed E-state index contributed by atoms with van der Waals surface area (Å²) in [5.41, 5.74) is 1.51. The average molecular weight is 359 g/mol. The van der Waals surface area contributed by atoms with E-state index in [9.17, 15) is 13.6 Å². The lowest BCUT2D eigenvalue weighted by molar-refractivity contribution is 0.153. The number of halogens is 2. The first-order valence-electron chi connectivity index (χ1n) is 8.01.